The number of carbonyl (C=O) groups excluding carboxylic acids is 1. The molecule has 0 saturated heterocycles. The standard InChI is InChI=1S/C33H31N3O/c1-4-33(37)34(21-23-15-17-31-27(19-23)25-11-7-9-13-29(25)35(31)5-2)22-24-16-18-32-28(20-24)26-12-8-10-14-30(26)36(32)6-3/h4,7-20H,1,5-6,21-22H2,2-3H3. The number of hydrogen-bond acceptors (Lipinski definition) is 1. The number of hydrogen-bond donors (Lipinski definition) is 0. The van der Waals surface area contributed by atoms with Crippen LogP contribution in [0.5, 0.6) is 0 Å². The second-order valence-corrected chi connectivity index (χ2v) is 9.62. The maximum absolute atomic E-state index is 13.0. The third-order valence-corrected chi connectivity index (χ3v) is 7.54. The van der Waals surface area contributed by atoms with E-state index in [1.807, 2.05) is 4.90 Å². The van der Waals surface area contributed by atoms with Crippen LogP contribution >= 0.6 is 0 Å². The van der Waals surface area contributed by atoms with Crippen molar-refractivity contribution in [3.63, 3.8) is 0 Å². The van der Waals surface area contributed by atoms with Crippen LogP contribution in [-0.2, 0) is 31.0 Å². The Labute approximate surface area is 217 Å². The minimum atomic E-state index is -0.0628. The first kappa shape index (κ1) is 23.1. The zero-order valence-electron chi connectivity index (χ0n) is 21.4. The van der Waals surface area contributed by atoms with Crippen molar-refractivity contribution in [2.24, 2.45) is 0 Å². The van der Waals surface area contributed by atoms with E-state index >= 15 is 0 Å². The summed E-state index contributed by atoms with van der Waals surface area (Å²) in [6.07, 6.45) is 1.42. The summed E-state index contributed by atoms with van der Waals surface area (Å²) in [5.41, 5.74) is 7.18. The number of amides is 1. The van der Waals surface area contributed by atoms with Crippen LogP contribution in [-0.4, -0.2) is 19.9 Å². The third-order valence-electron chi connectivity index (χ3n) is 7.54. The quantitative estimate of drug-likeness (QED) is 0.214. The van der Waals surface area contributed by atoms with Gasteiger partial charge < -0.3 is 14.0 Å². The Bertz CT molecular complexity index is 1680. The average Bonchev–Trinajstić information content (AvgIpc) is 3.43. The molecular weight excluding hydrogens is 454 g/mol. The molecule has 0 fully saturated rings. The number of rotatable bonds is 7. The molecule has 6 aromatic rings. The van der Waals surface area contributed by atoms with Crippen LogP contribution in [0.1, 0.15) is 25.0 Å². The van der Waals surface area contributed by atoms with Crippen molar-refractivity contribution in [2.45, 2.75) is 40.0 Å². The molecule has 37 heavy (non-hydrogen) atoms. The van der Waals surface area contributed by atoms with Crippen molar-refractivity contribution >= 4 is 49.5 Å². The van der Waals surface area contributed by atoms with Crippen LogP contribution < -0.4 is 0 Å². The Morgan fingerprint density at radius 3 is 1.54 bits per heavy atom. The van der Waals surface area contributed by atoms with E-state index < -0.39 is 0 Å². The minimum Gasteiger partial charge on any atom is -0.341 e. The Hall–Kier alpha value is -4.31. The van der Waals surface area contributed by atoms with Crippen LogP contribution in [0.25, 0.3) is 43.6 Å². The fourth-order valence-electron chi connectivity index (χ4n) is 5.86. The van der Waals surface area contributed by atoms with Crippen molar-refractivity contribution in [3.8, 4) is 0 Å². The molecule has 4 nitrogen and oxygen atoms in total. The summed E-state index contributed by atoms with van der Waals surface area (Å²) in [5.74, 6) is -0.0628. The van der Waals surface area contributed by atoms with Crippen molar-refractivity contribution in [2.75, 3.05) is 0 Å². The molecule has 0 bridgehead atoms. The fraction of sp³-hybridized carbons (Fsp3) is 0.182. The van der Waals surface area contributed by atoms with E-state index in [0.29, 0.717) is 13.1 Å². The second kappa shape index (κ2) is 9.29. The van der Waals surface area contributed by atoms with Gasteiger partial charge in [-0.15, -0.1) is 0 Å². The molecule has 0 aliphatic rings. The maximum atomic E-state index is 13.0. The molecule has 0 atom stereocenters. The van der Waals surface area contributed by atoms with Gasteiger partial charge in [0.05, 0.1) is 0 Å². The highest BCUT2D eigenvalue weighted by molar-refractivity contribution is 6.09. The van der Waals surface area contributed by atoms with Gasteiger partial charge in [0.15, 0.2) is 0 Å². The maximum Gasteiger partial charge on any atom is 0.246 e. The highest BCUT2D eigenvalue weighted by atomic mass is 16.2. The first-order chi connectivity index (χ1) is 18.1. The first-order valence-electron chi connectivity index (χ1n) is 13.0. The normalized spacial score (nSPS) is 11.6. The molecule has 0 aliphatic carbocycles. The Morgan fingerprint density at radius 2 is 1.11 bits per heavy atom. The predicted molar refractivity (Wildman–Crippen MR) is 155 cm³/mol. The van der Waals surface area contributed by atoms with E-state index in [1.165, 1.54) is 49.7 Å². The summed E-state index contributed by atoms with van der Waals surface area (Å²) in [7, 11) is 0. The highest BCUT2D eigenvalue weighted by Gasteiger charge is 2.16. The molecule has 0 spiro atoms. The topological polar surface area (TPSA) is 30.2 Å². The SMILES string of the molecule is C=CC(=O)N(Cc1ccc2c(c1)c1ccccc1n2CC)Cc1ccc2c(c1)c1ccccc1n2CC. The smallest absolute Gasteiger partial charge is 0.246 e. The molecule has 2 heterocycles. The van der Waals surface area contributed by atoms with E-state index in [2.05, 4.69) is 114 Å². The number of aryl methyl sites for hydroxylation is 2. The van der Waals surface area contributed by atoms with Gasteiger partial charge >= 0.3 is 0 Å². The van der Waals surface area contributed by atoms with Crippen LogP contribution in [0.15, 0.2) is 97.6 Å². The molecule has 0 radical (unpaired) electrons. The molecule has 2 aromatic heterocycles. The summed E-state index contributed by atoms with van der Waals surface area (Å²) in [6.45, 7) is 11.0. The van der Waals surface area contributed by atoms with Gasteiger partial charge in [-0.25, -0.2) is 0 Å². The van der Waals surface area contributed by atoms with Crippen molar-refractivity contribution in [1.82, 2.24) is 14.0 Å². The molecule has 0 N–H and O–H groups in total. The lowest BCUT2D eigenvalue weighted by molar-refractivity contribution is -0.127. The van der Waals surface area contributed by atoms with Crippen molar-refractivity contribution in [1.29, 1.82) is 0 Å². The molecule has 0 saturated carbocycles. The Kier molecular flexibility index (Phi) is 5.80. The van der Waals surface area contributed by atoms with Gasteiger partial charge in [0.2, 0.25) is 5.91 Å². The van der Waals surface area contributed by atoms with Gasteiger partial charge in [-0.2, -0.15) is 0 Å². The highest BCUT2D eigenvalue weighted by Crippen LogP contribution is 2.32. The van der Waals surface area contributed by atoms with Crippen LogP contribution in [0.3, 0.4) is 0 Å². The van der Waals surface area contributed by atoms with Gasteiger partial charge in [-0.1, -0.05) is 55.1 Å². The number of carbonyl (C=O) groups is 1. The molecule has 1 amide bonds. The number of nitrogens with zero attached hydrogens (tertiary/aromatic N) is 3. The van der Waals surface area contributed by atoms with Gasteiger partial charge in [-0.05, 0) is 67.4 Å². The summed E-state index contributed by atoms with van der Waals surface area (Å²) in [6, 6.07) is 30.2. The van der Waals surface area contributed by atoms with Crippen LogP contribution in [0.2, 0.25) is 0 Å². The molecule has 0 aliphatic heterocycles. The number of benzene rings is 4. The zero-order valence-corrected chi connectivity index (χ0v) is 21.4. The molecule has 4 heteroatoms. The fourth-order valence-corrected chi connectivity index (χ4v) is 5.86. The van der Waals surface area contributed by atoms with E-state index in [4.69, 9.17) is 0 Å². The molecule has 0 unspecified atom stereocenters. The van der Waals surface area contributed by atoms with E-state index in [1.54, 1.807) is 0 Å². The van der Waals surface area contributed by atoms with Gasteiger partial charge in [-0.3, -0.25) is 4.79 Å². The number of para-hydroxylation sites is 2. The molecular formula is C33H31N3O. The van der Waals surface area contributed by atoms with Crippen molar-refractivity contribution < 1.29 is 4.79 Å². The van der Waals surface area contributed by atoms with E-state index in [-0.39, 0.29) is 5.91 Å². The van der Waals surface area contributed by atoms with Gasteiger partial charge in [0.25, 0.3) is 0 Å². The third kappa shape index (κ3) is 3.80. The molecule has 6 rings (SSSR count). The lowest BCUT2D eigenvalue weighted by Crippen LogP contribution is -2.28. The molecule has 4 aromatic carbocycles. The summed E-state index contributed by atoms with van der Waals surface area (Å²) in [4.78, 5) is 14.9. The van der Waals surface area contributed by atoms with Crippen LogP contribution in [0.4, 0.5) is 0 Å². The second-order valence-electron chi connectivity index (χ2n) is 9.62. The lowest BCUT2D eigenvalue weighted by atomic mass is 10.1. The minimum absolute atomic E-state index is 0.0628. The monoisotopic (exact) mass is 485 g/mol. The van der Waals surface area contributed by atoms with E-state index in [0.717, 1.165) is 24.2 Å². The summed E-state index contributed by atoms with van der Waals surface area (Å²) in [5, 5.41) is 4.96. The van der Waals surface area contributed by atoms with E-state index in [9.17, 15) is 4.79 Å². The van der Waals surface area contributed by atoms with Crippen LogP contribution in [0, 0.1) is 0 Å². The van der Waals surface area contributed by atoms with Gasteiger partial charge in [0.1, 0.15) is 0 Å². The van der Waals surface area contributed by atoms with Crippen molar-refractivity contribution in [3.05, 3.63) is 109 Å². The van der Waals surface area contributed by atoms with Gasteiger partial charge in [0, 0.05) is 69.8 Å². The predicted octanol–water partition coefficient (Wildman–Crippen LogP) is 7.66. The Balaban J connectivity index is 1.37. The Morgan fingerprint density at radius 1 is 0.676 bits per heavy atom. The zero-order chi connectivity index (χ0) is 25.5. The summed E-state index contributed by atoms with van der Waals surface area (Å²) >= 11 is 0. The summed E-state index contributed by atoms with van der Waals surface area (Å²) < 4.78 is 4.70. The largest absolute Gasteiger partial charge is 0.341 e. The number of aromatic nitrogens is 2. The molecule has 184 valence electrons. The first-order valence-corrected chi connectivity index (χ1v) is 13.0. The average molecular weight is 486 g/mol. The lowest BCUT2D eigenvalue weighted by Gasteiger charge is -2.22. The number of fused-ring (bicyclic) bond motifs is 6.